The molecular formula is C18H23NS. The average molecular weight is 285 g/mol. The molecule has 0 saturated carbocycles. The van der Waals surface area contributed by atoms with E-state index in [2.05, 4.69) is 64.1 Å². The predicted octanol–water partition coefficient (Wildman–Crippen LogP) is 4.71. The van der Waals surface area contributed by atoms with Gasteiger partial charge in [0.1, 0.15) is 0 Å². The van der Waals surface area contributed by atoms with Gasteiger partial charge in [-0.3, -0.25) is 0 Å². The quantitative estimate of drug-likeness (QED) is 0.823. The van der Waals surface area contributed by atoms with Crippen LogP contribution in [0.15, 0.2) is 41.3 Å². The Morgan fingerprint density at radius 2 is 1.50 bits per heavy atom. The molecule has 0 spiro atoms. The number of hydrogen-bond donors (Lipinski definition) is 1. The van der Waals surface area contributed by atoms with Gasteiger partial charge >= 0.3 is 0 Å². The van der Waals surface area contributed by atoms with Crippen molar-refractivity contribution in [2.24, 2.45) is 5.73 Å². The summed E-state index contributed by atoms with van der Waals surface area (Å²) in [4.78, 5) is 1.28. The summed E-state index contributed by atoms with van der Waals surface area (Å²) >= 11 is 1.83. The van der Waals surface area contributed by atoms with E-state index in [-0.39, 0.29) is 6.04 Å². The molecule has 0 heterocycles. The molecule has 20 heavy (non-hydrogen) atoms. The van der Waals surface area contributed by atoms with Crippen LogP contribution in [-0.4, -0.2) is 5.75 Å². The third kappa shape index (κ3) is 3.65. The second kappa shape index (κ2) is 6.47. The number of rotatable bonds is 4. The van der Waals surface area contributed by atoms with E-state index >= 15 is 0 Å². The minimum atomic E-state index is 0.0839. The van der Waals surface area contributed by atoms with Crippen LogP contribution in [0.5, 0.6) is 0 Å². The van der Waals surface area contributed by atoms with E-state index in [9.17, 15) is 0 Å². The topological polar surface area (TPSA) is 26.0 Å². The van der Waals surface area contributed by atoms with Crippen molar-refractivity contribution in [3.05, 3.63) is 64.2 Å². The Labute approximate surface area is 126 Å². The van der Waals surface area contributed by atoms with Crippen LogP contribution in [-0.2, 0) is 0 Å². The molecule has 0 aliphatic rings. The maximum Gasteiger partial charge on any atom is 0.0393 e. The summed E-state index contributed by atoms with van der Waals surface area (Å²) in [5.74, 6) is 0.909. The molecule has 0 bridgehead atoms. The standard InChI is InChI=1S/C18H23NS/c1-12-5-7-16(8-6-12)20-11-18(19)17-10-14(3)13(2)9-15(17)4/h5-10,18H,11,19H2,1-4H3. The van der Waals surface area contributed by atoms with Crippen molar-refractivity contribution in [3.8, 4) is 0 Å². The average Bonchev–Trinajstić information content (AvgIpc) is 2.42. The number of aryl methyl sites for hydroxylation is 4. The van der Waals surface area contributed by atoms with Crippen LogP contribution in [0.2, 0.25) is 0 Å². The van der Waals surface area contributed by atoms with Crippen LogP contribution in [0.3, 0.4) is 0 Å². The highest BCUT2D eigenvalue weighted by Gasteiger charge is 2.11. The number of hydrogen-bond acceptors (Lipinski definition) is 2. The zero-order valence-corrected chi connectivity index (χ0v) is 13.6. The van der Waals surface area contributed by atoms with E-state index < -0.39 is 0 Å². The lowest BCUT2D eigenvalue weighted by Gasteiger charge is -2.16. The Balaban J connectivity index is 2.06. The highest BCUT2D eigenvalue weighted by molar-refractivity contribution is 7.99. The van der Waals surface area contributed by atoms with Gasteiger partial charge in [0.2, 0.25) is 0 Å². The molecule has 1 unspecified atom stereocenters. The maximum absolute atomic E-state index is 6.37. The molecule has 1 nitrogen and oxygen atoms in total. The molecule has 106 valence electrons. The summed E-state index contributed by atoms with van der Waals surface area (Å²) in [6, 6.07) is 13.2. The first-order valence-electron chi connectivity index (χ1n) is 7.00. The SMILES string of the molecule is Cc1ccc(SCC(N)c2cc(C)c(C)cc2C)cc1. The van der Waals surface area contributed by atoms with Crippen LogP contribution in [0.4, 0.5) is 0 Å². The molecular weight excluding hydrogens is 262 g/mol. The Bertz CT molecular complexity index is 587. The van der Waals surface area contributed by atoms with Crippen molar-refractivity contribution in [2.45, 2.75) is 38.6 Å². The van der Waals surface area contributed by atoms with Crippen LogP contribution < -0.4 is 5.73 Å². The molecule has 1 atom stereocenters. The molecule has 2 heteroatoms. The molecule has 0 aromatic heterocycles. The van der Waals surface area contributed by atoms with Crippen molar-refractivity contribution in [1.29, 1.82) is 0 Å². The van der Waals surface area contributed by atoms with E-state index in [0.29, 0.717) is 0 Å². The van der Waals surface area contributed by atoms with Gasteiger partial charge in [-0.2, -0.15) is 0 Å². The molecule has 0 fully saturated rings. The monoisotopic (exact) mass is 285 g/mol. The van der Waals surface area contributed by atoms with Gasteiger partial charge in [0.05, 0.1) is 0 Å². The zero-order valence-electron chi connectivity index (χ0n) is 12.7. The fourth-order valence-electron chi connectivity index (χ4n) is 2.29. The third-order valence-corrected chi connectivity index (χ3v) is 4.86. The molecule has 2 aromatic rings. The molecule has 2 rings (SSSR count). The Hall–Kier alpha value is -1.25. The lowest BCUT2D eigenvalue weighted by atomic mass is 9.97. The number of nitrogens with two attached hydrogens (primary N) is 1. The molecule has 0 aliphatic heterocycles. The summed E-state index contributed by atoms with van der Waals surface area (Å²) in [5.41, 5.74) is 12.9. The minimum Gasteiger partial charge on any atom is -0.323 e. The molecule has 0 aliphatic carbocycles. The molecule has 2 N–H and O–H groups in total. The van der Waals surface area contributed by atoms with Gasteiger partial charge in [0, 0.05) is 16.7 Å². The molecule has 2 aromatic carbocycles. The second-order valence-corrected chi connectivity index (χ2v) is 6.62. The van der Waals surface area contributed by atoms with Gasteiger partial charge in [0.25, 0.3) is 0 Å². The Morgan fingerprint density at radius 3 is 2.15 bits per heavy atom. The highest BCUT2D eigenvalue weighted by atomic mass is 32.2. The lowest BCUT2D eigenvalue weighted by Crippen LogP contribution is -2.15. The normalized spacial score (nSPS) is 12.4. The van der Waals surface area contributed by atoms with Crippen molar-refractivity contribution < 1.29 is 0 Å². The lowest BCUT2D eigenvalue weighted by molar-refractivity contribution is 0.820. The number of thioether (sulfide) groups is 1. The fraction of sp³-hybridized carbons (Fsp3) is 0.333. The summed E-state index contributed by atoms with van der Waals surface area (Å²) < 4.78 is 0. The van der Waals surface area contributed by atoms with Gasteiger partial charge in [-0.05, 0) is 62.1 Å². The first-order chi connectivity index (χ1) is 9.47. The minimum absolute atomic E-state index is 0.0839. The third-order valence-electron chi connectivity index (χ3n) is 3.73. The van der Waals surface area contributed by atoms with Crippen molar-refractivity contribution in [3.63, 3.8) is 0 Å². The summed E-state index contributed by atoms with van der Waals surface area (Å²) in [6.07, 6.45) is 0. The van der Waals surface area contributed by atoms with E-state index in [1.54, 1.807) is 0 Å². The van der Waals surface area contributed by atoms with Crippen molar-refractivity contribution >= 4 is 11.8 Å². The molecule has 0 amide bonds. The van der Waals surface area contributed by atoms with Crippen LogP contribution in [0.25, 0.3) is 0 Å². The molecule has 0 saturated heterocycles. The van der Waals surface area contributed by atoms with Gasteiger partial charge in [-0.15, -0.1) is 11.8 Å². The van der Waals surface area contributed by atoms with Crippen molar-refractivity contribution in [1.82, 2.24) is 0 Å². The van der Waals surface area contributed by atoms with Gasteiger partial charge in [-0.1, -0.05) is 29.8 Å². The van der Waals surface area contributed by atoms with Crippen molar-refractivity contribution in [2.75, 3.05) is 5.75 Å². The maximum atomic E-state index is 6.37. The summed E-state index contributed by atoms with van der Waals surface area (Å²) in [6.45, 7) is 8.56. The van der Waals surface area contributed by atoms with E-state index in [1.807, 2.05) is 11.8 Å². The van der Waals surface area contributed by atoms with Gasteiger partial charge < -0.3 is 5.73 Å². The van der Waals surface area contributed by atoms with E-state index in [0.717, 1.165) is 5.75 Å². The smallest absolute Gasteiger partial charge is 0.0393 e. The summed E-state index contributed by atoms with van der Waals surface area (Å²) in [5, 5.41) is 0. The van der Waals surface area contributed by atoms with E-state index in [4.69, 9.17) is 5.73 Å². The van der Waals surface area contributed by atoms with Gasteiger partial charge in [-0.25, -0.2) is 0 Å². The fourth-order valence-corrected chi connectivity index (χ4v) is 3.17. The van der Waals surface area contributed by atoms with Crippen LogP contribution >= 0.6 is 11.8 Å². The predicted molar refractivity (Wildman–Crippen MR) is 89.5 cm³/mol. The van der Waals surface area contributed by atoms with E-state index in [1.165, 1.54) is 32.7 Å². The van der Waals surface area contributed by atoms with Crippen LogP contribution in [0.1, 0.15) is 33.9 Å². The second-order valence-electron chi connectivity index (χ2n) is 5.52. The first-order valence-corrected chi connectivity index (χ1v) is 7.98. The van der Waals surface area contributed by atoms with Crippen LogP contribution in [0, 0.1) is 27.7 Å². The summed E-state index contributed by atoms with van der Waals surface area (Å²) in [7, 11) is 0. The number of benzene rings is 2. The largest absolute Gasteiger partial charge is 0.323 e. The zero-order chi connectivity index (χ0) is 14.7. The first kappa shape index (κ1) is 15.1. The highest BCUT2D eigenvalue weighted by Crippen LogP contribution is 2.26. The Kier molecular flexibility index (Phi) is 4.90. The van der Waals surface area contributed by atoms with Gasteiger partial charge in [0.15, 0.2) is 0 Å². The molecule has 0 radical (unpaired) electrons. The Morgan fingerprint density at radius 1 is 0.900 bits per heavy atom.